The standard InChI is InChI=1S/C14H30N2/c1-4-13(2)12-16(3)11-10-14(15)8-6-5-7-9-14/h13H,4-12,15H2,1-3H3. The summed E-state index contributed by atoms with van der Waals surface area (Å²) >= 11 is 0. The fourth-order valence-electron chi connectivity index (χ4n) is 2.67. The van der Waals surface area contributed by atoms with Gasteiger partial charge in [0.2, 0.25) is 0 Å². The van der Waals surface area contributed by atoms with Gasteiger partial charge in [0, 0.05) is 12.1 Å². The van der Waals surface area contributed by atoms with Gasteiger partial charge in [0.1, 0.15) is 0 Å². The Hall–Kier alpha value is -0.0800. The van der Waals surface area contributed by atoms with E-state index in [1.54, 1.807) is 0 Å². The third-order valence-electron chi connectivity index (χ3n) is 4.16. The number of nitrogens with zero attached hydrogens (tertiary/aromatic N) is 1. The van der Waals surface area contributed by atoms with E-state index < -0.39 is 0 Å². The molecule has 1 atom stereocenters. The van der Waals surface area contributed by atoms with Crippen molar-refractivity contribution in [1.82, 2.24) is 4.90 Å². The molecule has 2 N–H and O–H groups in total. The van der Waals surface area contributed by atoms with Crippen molar-refractivity contribution in [2.45, 2.75) is 64.3 Å². The average molecular weight is 226 g/mol. The second kappa shape index (κ2) is 6.61. The Morgan fingerprint density at radius 3 is 2.44 bits per heavy atom. The third kappa shape index (κ3) is 4.84. The van der Waals surface area contributed by atoms with E-state index in [9.17, 15) is 0 Å². The number of rotatable bonds is 6. The first-order valence-corrected chi connectivity index (χ1v) is 7.03. The van der Waals surface area contributed by atoms with Gasteiger partial charge in [-0.15, -0.1) is 0 Å². The van der Waals surface area contributed by atoms with Gasteiger partial charge >= 0.3 is 0 Å². The zero-order valence-electron chi connectivity index (χ0n) is 11.5. The molecule has 0 aromatic rings. The van der Waals surface area contributed by atoms with E-state index >= 15 is 0 Å². The molecule has 0 saturated heterocycles. The Morgan fingerprint density at radius 1 is 1.25 bits per heavy atom. The quantitative estimate of drug-likeness (QED) is 0.754. The second-order valence-corrected chi connectivity index (χ2v) is 5.95. The molecule has 0 radical (unpaired) electrons. The molecule has 0 heterocycles. The van der Waals surface area contributed by atoms with Crippen LogP contribution < -0.4 is 5.73 Å². The van der Waals surface area contributed by atoms with Crippen LogP contribution in [0, 0.1) is 5.92 Å². The summed E-state index contributed by atoms with van der Waals surface area (Å²) in [5, 5.41) is 0. The third-order valence-corrected chi connectivity index (χ3v) is 4.16. The Kier molecular flexibility index (Phi) is 5.77. The summed E-state index contributed by atoms with van der Waals surface area (Å²) in [4.78, 5) is 2.46. The smallest absolute Gasteiger partial charge is 0.0166 e. The molecular weight excluding hydrogens is 196 g/mol. The Labute approximate surface area is 102 Å². The molecule has 0 aromatic heterocycles. The maximum absolute atomic E-state index is 6.44. The molecule has 1 aliphatic rings. The number of nitrogens with two attached hydrogens (primary N) is 1. The first kappa shape index (κ1) is 14.0. The minimum atomic E-state index is 0.155. The SMILES string of the molecule is CCC(C)CN(C)CCC1(N)CCCCC1. The monoisotopic (exact) mass is 226 g/mol. The molecule has 2 heteroatoms. The topological polar surface area (TPSA) is 29.3 Å². The summed E-state index contributed by atoms with van der Waals surface area (Å²) < 4.78 is 0. The zero-order chi connectivity index (χ0) is 12.0. The fourth-order valence-corrected chi connectivity index (χ4v) is 2.67. The highest BCUT2D eigenvalue weighted by atomic mass is 15.1. The van der Waals surface area contributed by atoms with Crippen molar-refractivity contribution < 1.29 is 0 Å². The molecule has 0 amide bonds. The fraction of sp³-hybridized carbons (Fsp3) is 1.00. The van der Waals surface area contributed by atoms with E-state index in [-0.39, 0.29) is 5.54 Å². The van der Waals surface area contributed by atoms with Gasteiger partial charge in [-0.1, -0.05) is 39.5 Å². The average Bonchev–Trinajstić information content (AvgIpc) is 2.27. The minimum absolute atomic E-state index is 0.155. The lowest BCUT2D eigenvalue weighted by atomic mass is 9.80. The van der Waals surface area contributed by atoms with Gasteiger partial charge in [-0.05, 0) is 38.8 Å². The van der Waals surface area contributed by atoms with Crippen LogP contribution in [0.15, 0.2) is 0 Å². The first-order chi connectivity index (χ1) is 7.56. The predicted octanol–water partition coefficient (Wildman–Crippen LogP) is 3.02. The van der Waals surface area contributed by atoms with Crippen molar-refractivity contribution >= 4 is 0 Å². The zero-order valence-corrected chi connectivity index (χ0v) is 11.5. The van der Waals surface area contributed by atoms with E-state index in [4.69, 9.17) is 5.73 Å². The highest BCUT2D eigenvalue weighted by Gasteiger charge is 2.27. The van der Waals surface area contributed by atoms with E-state index in [1.807, 2.05) is 0 Å². The highest BCUT2D eigenvalue weighted by Crippen LogP contribution is 2.28. The molecule has 0 aromatic carbocycles. The summed E-state index contributed by atoms with van der Waals surface area (Å²) in [6.45, 7) is 6.98. The van der Waals surface area contributed by atoms with Gasteiger partial charge in [0.25, 0.3) is 0 Å². The summed E-state index contributed by atoms with van der Waals surface area (Å²) in [6, 6.07) is 0. The second-order valence-electron chi connectivity index (χ2n) is 5.95. The molecule has 0 bridgehead atoms. The van der Waals surface area contributed by atoms with Crippen molar-refractivity contribution in [2.24, 2.45) is 11.7 Å². The molecule has 1 aliphatic carbocycles. The molecule has 96 valence electrons. The lowest BCUT2D eigenvalue weighted by molar-refractivity contribution is 0.215. The molecule has 1 unspecified atom stereocenters. The Morgan fingerprint density at radius 2 is 1.88 bits per heavy atom. The van der Waals surface area contributed by atoms with Crippen molar-refractivity contribution in [3.05, 3.63) is 0 Å². The van der Waals surface area contributed by atoms with Crippen molar-refractivity contribution in [3.63, 3.8) is 0 Å². The van der Waals surface area contributed by atoms with Crippen LogP contribution in [0.1, 0.15) is 58.8 Å². The molecule has 2 nitrogen and oxygen atoms in total. The van der Waals surface area contributed by atoms with E-state index in [0.29, 0.717) is 0 Å². The summed E-state index contributed by atoms with van der Waals surface area (Å²) in [6.07, 6.45) is 9.01. The van der Waals surface area contributed by atoms with Crippen LogP contribution in [0.3, 0.4) is 0 Å². The van der Waals surface area contributed by atoms with Crippen LogP contribution in [-0.2, 0) is 0 Å². The van der Waals surface area contributed by atoms with Crippen LogP contribution in [0.25, 0.3) is 0 Å². The largest absolute Gasteiger partial charge is 0.325 e. The number of hydrogen-bond acceptors (Lipinski definition) is 2. The van der Waals surface area contributed by atoms with Gasteiger partial charge in [0.05, 0.1) is 0 Å². The van der Waals surface area contributed by atoms with Gasteiger partial charge in [-0.2, -0.15) is 0 Å². The molecule has 0 aliphatic heterocycles. The minimum Gasteiger partial charge on any atom is -0.325 e. The van der Waals surface area contributed by atoms with Crippen molar-refractivity contribution in [3.8, 4) is 0 Å². The molecule has 1 fully saturated rings. The van der Waals surface area contributed by atoms with E-state index in [2.05, 4.69) is 25.8 Å². The van der Waals surface area contributed by atoms with Gasteiger partial charge in [0.15, 0.2) is 0 Å². The Balaban J connectivity index is 2.21. The lowest BCUT2D eigenvalue weighted by Crippen LogP contribution is -2.44. The van der Waals surface area contributed by atoms with Crippen molar-refractivity contribution in [2.75, 3.05) is 20.1 Å². The lowest BCUT2D eigenvalue weighted by Gasteiger charge is -2.35. The molecule has 1 saturated carbocycles. The van der Waals surface area contributed by atoms with E-state index in [0.717, 1.165) is 5.92 Å². The predicted molar refractivity (Wildman–Crippen MR) is 71.6 cm³/mol. The van der Waals surface area contributed by atoms with Crippen LogP contribution >= 0.6 is 0 Å². The Bertz CT molecular complexity index is 185. The van der Waals surface area contributed by atoms with Crippen LogP contribution in [0.2, 0.25) is 0 Å². The van der Waals surface area contributed by atoms with Gasteiger partial charge in [-0.3, -0.25) is 0 Å². The van der Waals surface area contributed by atoms with Gasteiger partial charge in [-0.25, -0.2) is 0 Å². The maximum atomic E-state index is 6.44. The molecule has 1 rings (SSSR count). The number of hydrogen-bond donors (Lipinski definition) is 1. The van der Waals surface area contributed by atoms with Crippen LogP contribution in [0.4, 0.5) is 0 Å². The molecule has 0 spiro atoms. The summed E-state index contributed by atoms with van der Waals surface area (Å²) in [7, 11) is 2.23. The molecule has 16 heavy (non-hydrogen) atoms. The normalized spacial score (nSPS) is 22.3. The maximum Gasteiger partial charge on any atom is 0.0166 e. The van der Waals surface area contributed by atoms with Gasteiger partial charge < -0.3 is 10.6 Å². The van der Waals surface area contributed by atoms with Crippen LogP contribution in [0.5, 0.6) is 0 Å². The summed E-state index contributed by atoms with van der Waals surface area (Å²) in [5.41, 5.74) is 6.60. The van der Waals surface area contributed by atoms with Crippen molar-refractivity contribution in [1.29, 1.82) is 0 Å². The highest BCUT2D eigenvalue weighted by molar-refractivity contribution is 4.87. The van der Waals surface area contributed by atoms with Crippen LogP contribution in [-0.4, -0.2) is 30.6 Å². The van der Waals surface area contributed by atoms with E-state index in [1.165, 1.54) is 58.0 Å². The molecular formula is C14H30N2. The summed E-state index contributed by atoms with van der Waals surface area (Å²) in [5.74, 6) is 0.810. The first-order valence-electron chi connectivity index (χ1n) is 7.03.